The lowest BCUT2D eigenvalue weighted by molar-refractivity contribution is -0.143. The predicted molar refractivity (Wildman–Crippen MR) is 72.9 cm³/mol. The first-order valence-electron chi connectivity index (χ1n) is 6.29. The topological polar surface area (TPSA) is 69.6 Å². The highest BCUT2D eigenvalue weighted by Gasteiger charge is 2.27. The number of carboxylic acids is 1. The molecule has 1 heterocycles. The van der Waals surface area contributed by atoms with Crippen molar-refractivity contribution in [2.45, 2.75) is 19.8 Å². The van der Waals surface area contributed by atoms with Crippen LogP contribution in [0.2, 0.25) is 0 Å². The summed E-state index contributed by atoms with van der Waals surface area (Å²) in [6.45, 7) is 3.73. The maximum atomic E-state index is 11.9. The van der Waals surface area contributed by atoms with Gasteiger partial charge < -0.3 is 15.3 Å². The molecule has 18 heavy (non-hydrogen) atoms. The first kappa shape index (κ1) is 15.1. The molecule has 1 saturated heterocycles. The van der Waals surface area contributed by atoms with Gasteiger partial charge in [0, 0.05) is 19.6 Å². The third kappa shape index (κ3) is 4.76. The van der Waals surface area contributed by atoms with E-state index in [-0.39, 0.29) is 6.03 Å². The van der Waals surface area contributed by atoms with Gasteiger partial charge in [-0.05, 0) is 30.8 Å². The van der Waals surface area contributed by atoms with Gasteiger partial charge in [0.25, 0.3) is 0 Å². The zero-order valence-electron chi connectivity index (χ0n) is 11.0. The minimum absolute atomic E-state index is 0.131. The average Bonchev–Trinajstić information content (AvgIpc) is 2.36. The van der Waals surface area contributed by atoms with E-state index in [0.29, 0.717) is 32.0 Å². The second kappa shape index (κ2) is 7.51. The zero-order valence-corrected chi connectivity index (χ0v) is 11.8. The van der Waals surface area contributed by atoms with E-state index < -0.39 is 11.9 Å². The molecule has 1 fully saturated rings. The van der Waals surface area contributed by atoms with Crippen molar-refractivity contribution in [2.24, 2.45) is 11.8 Å². The molecule has 5 nitrogen and oxygen atoms in total. The molecule has 1 aliphatic heterocycles. The number of nitrogens with zero attached hydrogens (tertiary/aromatic N) is 1. The van der Waals surface area contributed by atoms with Crippen LogP contribution in [-0.4, -0.2) is 53.6 Å². The summed E-state index contributed by atoms with van der Waals surface area (Å²) in [6.07, 6.45) is 3.48. The van der Waals surface area contributed by atoms with E-state index in [4.69, 9.17) is 5.11 Å². The molecular weight excluding hydrogens is 252 g/mol. The highest BCUT2D eigenvalue weighted by atomic mass is 32.2. The lowest BCUT2D eigenvalue weighted by Gasteiger charge is -2.31. The number of aliphatic carboxylic acids is 1. The van der Waals surface area contributed by atoms with Gasteiger partial charge in [0.05, 0.1) is 5.92 Å². The summed E-state index contributed by atoms with van der Waals surface area (Å²) in [5.74, 6) is 0.235. The summed E-state index contributed by atoms with van der Waals surface area (Å²) < 4.78 is 0. The Morgan fingerprint density at radius 3 is 2.89 bits per heavy atom. The lowest BCUT2D eigenvalue weighted by Crippen LogP contribution is -2.47. The van der Waals surface area contributed by atoms with E-state index in [0.717, 1.165) is 12.2 Å². The molecule has 0 aromatic heterocycles. The number of carboxylic acid groups (broad SMARTS) is 1. The molecule has 6 heteroatoms. The molecule has 0 spiro atoms. The van der Waals surface area contributed by atoms with Crippen LogP contribution in [0.3, 0.4) is 0 Å². The monoisotopic (exact) mass is 274 g/mol. The van der Waals surface area contributed by atoms with Crippen molar-refractivity contribution in [3.63, 3.8) is 0 Å². The van der Waals surface area contributed by atoms with Crippen LogP contribution in [0.5, 0.6) is 0 Å². The summed E-state index contributed by atoms with van der Waals surface area (Å²) in [7, 11) is 0. The van der Waals surface area contributed by atoms with Gasteiger partial charge in [-0.1, -0.05) is 6.92 Å². The first-order chi connectivity index (χ1) is 8.54. The molecule has 0 bridgehead atoms. The Bertz CT molecular complexity index is 299. The van der Waals surface area contributed by atoms with Gasteiger partial charge in [-0.15, -0.1) is 0 Å². The number of piperidine rings is 1. The summed E-state index contributed by atoms with van der Waals surface area (Å²) in [5, 5.41) is 11.8. The van der Waals surface area contributed by atoms with Crippen LogP contribution >= 0.6 is 11.8 Å². The van der Waals surface area contributed by atoms with E-state index in [1.165, 1.54) is 0 Å². The molecule has 104 valence electrons. The Balaban J connectivity index is 2.34. The molecule has 0 aliphatic carbocycles. The Hall–Kier alpha value is -0.910. The number of likely N-dealkylation sites (tertiary alicyclic amines) is 1. The van der Waals surface area contributed by atoms with Crippen LogP contribution in [0.1, 0.15) is 19.8 Å². The van der Waals surface area contributed by atoms with Crippen molar-refractivity contribution >= 4 is 23.8 Å². The Morgan fingerprint density at radius 2 is 2.28 bits per heavy atom. The van der Waals surface area contributed by atoms with Crippen molar-refractivity contribution in [2.75, 3.05) is 31.6 Å². The molecule has 0 radical (unpaired) electrons. The number of carbonyl (C=O) groups excluding carboxylic acids is 1. The van der Waals surface area contributed by atoms with Gasteiger partial charge in [-0.25, -0.2) is 4.79 Å². The standard InChI is InChI=1S/C12H22N2O3S/c1-9(8-18-2)6-13-12(17)14-5-3-4-10(7-14)11(15)16/h9-10H,3-8H2,1-2H3,(H,13,17)(H,15,16)/t9?,10-/m0/s1. The predicted octanol–water partition coefficient (Wildman–Crippen LogP) is 1.49. The average molecular weight is 274 g/mol. The summed E-state index contributed by atoms with van der Waals surface area (Å²) in [4.78, 5) is 24.4. The minimum atomic E-state index is -0.803. The molecule has 1 unspecified atom stereocenters. The van der Waals surface area contributed by atoms with Crippen LogP contribution in [0, 0.1) is 11.8 Å². The number of hydrogen-bond donors (Lipinski definition) is 2. The van der Waals surface area contributed by atoms with E-state index in [1.807, 2.05) is 6.26 Å². The zero-order chi connectivity index (χ0) is 13.5. The smallest absolute Gasteiger partial charge is 0.317 e. The quantitative estimate of drug-likeness (QED) is 0.797. The summed E-state index contributed by atoms with van der Waals surface area (Å²) >= 11 is 1.76. The normalized spacial score (nSPS) is 21.4. The molecule has 0 saturated carbocycles. The molecular formula is C12H22N2O3S. The maximum absolute atomic E-state index is 11.9. The van der Waals surface area contributed by atoms with E-state index in [2.05, 4.69) is 12.2 Å². The van der Waals surface area contributed by atoms with Crippen LogP contribution in [0.15, 0.2) is 0 Å². The fraction of sp³-hybridized carbons (Fsp3) is 0.833. The largest absolute Gasteiger partial charge is 0.481 e. The highest BCUT2D eigenvalue weighted by Crippen LogP contribution is 2.16. The second-order valence-electron chi connectivity index (χ2n) is 4.87. The molecule has 2 amide bonds. The number of hydrogen-bond acceptors (Lipinski definition) is 3. The lowest BCUT2D eigenvalue weighted by atomic mass is 9.99. The summed E-state index contributed by atoms with van der Waals surface area (Å²) in [5.41, 5.74) is 0. The van der Waals surface area contributed by atoms with Crippen LogP contribution < -0.4 is 5.32 Å². The van der Waals surface area contributed by atoms with Gasteiger partial charge >= 0.3 is 12.0 Å². The van der Waals surface area contributed by atoms with E-state index >= 15 is 0 Å². The Morgan fingerprint density at radius 1 is 1.56 bits per heavy atom. The highest BCUT2D eigenvalue weighted by molar-refractivity contribution is 7.98. The fourth-order valence-electron chi connectivity index (χ4n) is 2.08. The maximum Gasteiger partial charge on any atom is 0.317 e. The fourth-order valence-corrected chi connectivity index (χ4v) is 2.77. The van der Waals surface area contributed by atoms with Gasteiger partial charge in [0.15, 0.2) is 0 Å². The van der Waals surface area contributed by atoms with E-state index in [9.17, 15) is 9.59 Å². The molecule has 0 aromatic carbocycles. The number of urea groups is 1. The van der Waals surface area contributed by atoms with Crippen molar-refractivity contribution < 1.29 is 14.7 Å². The van der Waals surface area contributed by atoms with Crippen molar-refractivity contribution in [3.8, 4) is 0 Å². The number of amides is 2. The minimum Gasteiger partial charge on any atom is -0.481 e. The SMILES string of the molecule is CSCC(C)CNC(=O)N1CCC[C@H](C(=O)O)C1. The third-order valence-corrected chi connectivity index (χ3v) is 4.01. The summed E-state index contributed by atoms with van der Waals surface area (Å²) in [6, 6.07) is -0.131. The second-order valence-corrected chi connectivity index (χ2v) is 5.78. The van der Waals surface area contributed by atoms with Gasteiger partial charge in [0.1, 0.15) is 0 Å². The molecule has 1 aliphatic rings. The molecule has 2 N–H and O–H groups in total. The molecule has 1 rings (SSSR count). The van der Waals surface area contributed by atoms with Gasteiger partial charge in [0.2, 0.25) is 0 Å². The molecule has 2 atom stereocenters. The number of rotatable bonds is 5. The van der Waals surface area contributed by atoms with Crippen molar-refractivity contribution in [3.05, 3.63) is 0 Å². The number of nitrogens with one attached hydrogen (secondary N) is 1. The van der Waals surface area contributed by atoms with Crippen molar-refractivity contribution in [1.29, 1.82) is 0 Å². The van der Waals surface area contributed by atoms with E-state index in [1.54, 1.807) is 16.7 Å². The molecule has 0 aromatic rings. The Labute approximate surface area is 112 Å². The van der Waals surface area contributed by atoms with Gasteiger partial charge in [-0.3, -0.25) is 4.79 Å². The van der Waals surface area contributed by atoms with Crippen LogP contribution in [-0.2, 0) is 4.79 Å². The van der Waals surface area contributed by atoms with Crippen LogP contribution in [0.4, 0.5) is 4.79 Å². The Kier molecular flexibility index (Phi) is 6.32. The number of thioether (sulfide) groups is 1. The van der Waals surface area contributed by atoms with Crippen LogP contribution in [0.25, 0.3) is 0 Å². The third-order valence-electron chi connectivity index (χ3n) is 3.11. The first-order valence-corrected chi connectivity index (χ1v) is 7.68. The van der Waals surface area contributed by atoms with Gasteiger partial charge in [-0.2, -0.15) is 11.8 Å². The number of carbonyl (C=O) groups is 2. The van der Waals surface area contributed by atoms with Crippen molar-refractivity contribution in [1.82, 2.24) is 10.2 Å².